The van der Waals surface area contributed by atoms with Gasteiger partial charge >= 0.3 is 0 Å². The molecule has 2 unspecified atom stereocenters. The first-order valence-corrected chi connectivity index (χ1v) is 7.64. The Morgan fingerprint density at radius 3 is 2.31 bits per heavy atom. The SMILES string of the molecule is CSC(C)CNC(C)CS(C)(=O)=O. The summed E-state index contributed by atoms with van der Waals surface area (Å²) >= 11 is 1.77. The zero-order valence-electron chi connectivity index (χ0n) is 8.70. The zero-order valence-corrected chi connectivity index (χ0v) is 10.3. The van der Waals surface area contributed by atoms with Crippen LogP contribution in [0, 0.1) is 0 Å². The number of nitrogens with one attached hydrogen (secondary N) is 1. The average Bonchev–Trinajstić information content (AvgIpc) is 1.97. The van der Waals surface area contributed by atoms with Gasteiger partial charge in [-0.15, -0.1) is 0 Å². The molecular weight excluding hydrogens is 206 g/mol. The van der Waals surface area contributed by atoms with Gasteiger partial charge in [-0.25, -0.2) is 8.42 Å². The fraction of sp³-hybridized carbons (Fsp3) is 1.00. The van der Waals surface area contributed by atoms with E-state index in [1.165, 1.54) is 6.26 Å². The predicted octanol–water partition coefficient (Wildman–Crippen LogP) is 0.761. The van der Waals surface area contributed by atoms with Crippen molar-refractivity contribution in [1.29, 1.82) is 0 Å². The largest absolute Gasteiger partial charge is 0.312 e. The molecule has 0 bridgehead atoms. The third-order valence-corrected chi connectivity index (χ3v) is 3.79. The summed E-state index contributed by atoms with van der Waals surface area (Å²) in [5, 5.41) is 3.72. The maximum atomic E-state index is 10.9. The van der Waals surface area contributed by atoms with Gasteiger partial charge in [-0.1, -0.05) is 6.92 Å². The molecule has 0 aliphatic heterocycles. The molecule has 0 radical (unpaired) electrons. The summed E-state index contributed by atoms with van der Waals surface area (Å²) in [7, 11) is -2.85. The van der Waals surface area contributed by atoms with Crippen LogP contribution >= 0.6 is 11.8 Å². The van der Waals surface area contributed by atoms with Crippen LogP contribution in [0.5, 0.6) is 0 Å². The zero-order chi connectivity index (χ0) is 10.5. The van der Waals surface area contributed by atoms with Gasteiger partial charge in [0, 0.05) is 24.1 Å². The Hall–Kier alpha value is 0.260. The molecule has 80 valence electrons. The Bertz CT molecular complexity index is 226. The summed E-state index contributed by atoms with van der Waals surface area (Å²) in [6.07, 6.45) is 3.32. The van der Waals surface area contributed by atoms with Gasteiger partial charge < -0.3 is 5.32 Å². The van der Waals surface area contributed by atoms with E-state index in [2.05, 4.69) is 12.2 Å². The van der Waals surface area contributed by atoms with Gasteiger partial charge in [-0.3, -0.25) is 0 Å². The third kappa shape index (κ3) is 8.59. The van der Waals surface area contributed by atoms with Crippen LogP contribution in [0.1, 0.15) is 13.8 Å². The van der Waals surface area contributed by atoms with Crippen LogP contribution in [0.25, 0.3) is 0 Å². The van der Waals surface area contributed by atoms with E-state index in [1.54, 1.807) is 11.8 Å². The molecular formula is C8H19NO2S2. The van der Waals surface area contributed by atoms with Crippen LogP contribution in [0.3, 0.4) is 0 Å². The second-order valence-electron chi connectivity index (χ2n) is 3.45. The van der Waals surface area contributed by atoms with Crippen molar-refractivity contribution in [3.8, 4) is 0 Å². The highest BCUT2D eigenvalue weighted by Gasteiger charge is 2.10. The van der Waals surface area contributed by atoms with Crippen LogP contribution in [0.15, 0.2) is 0 Å². The topological polar surface area (TPSA) is 46.2 Å². The van der Waals surface area contributed by atoms with Gasteiger partial charge in [0.15, 0.2) is 0 Å². The minimum Gasteiger partial charge on any atom is -0.312 e. The summed E-state index contributed by atoms with van der Waals surface area (Å²) in [6, 6.07) is 0.0459. The maximum absolute atomic E-state index is 10.9. The molecule has 0 rings (SSSR count). The van der Waals surface area contributed by atoms with E-state index in [9.17, 15) is 8.42 Å². The lowest BCUT2D eigenvalue weighted by Crippen LogP contribution is -2.36. The molecule has 0 spiro atoms. The molecule has 0 aromatic rings. The Morgan fingerprint density at radius 1 is 1.38 bits per heavy atom. The minimum absolute atomic E-state index is 0.0459. The Balaban J connectivity index is 3.70. The molecule has 0 saturated carbocycles. The first kappa shape index (κ1) is 13.3. The van der Waals surface area contributed by atoms with Gasteiger partial charge in [-0.05, 0) is 13.2 Å². The summed E-state index contributed by atoms with van der Waals surface area (Å²) in [6.45, 7) is 4.87. The molecule has 13 heavy (non-hydrogen) atoms. The number of hydrogen-bond acceptors (Lipinski definition) is 4. The van der Waals surface area contributed by atoms with Crippen molar-refractivity contribution in [2.45, 2.75) is 25.1 Å². The summed E-state index contributed by atoms with van der Waals surface area (Å²) in [5.74, 6) is 0.216. The van der Waals surface area contributed by atoms with Crippen molar-refractivity contribution in [3.63, 3.8) is 0 Å². The molecule has 0 amide bonds. The van der Waals surface area contributed by atoms with E-state index >= 15 is 0 Å². The van der Waals surface area contributed by atoms with Gasteiger partial charge in [0.2, 0.25) is 0 Å². The van der Waals surface area contributed by atoms with Crippen molar-refractivity contribution in [2.75, 3.05) is 24.8 Å². The molecule has 5 heteroatoms. The first-order valence-electron chi connectivity index (χ1n) is 4.29. The van der Waals surface area contributed by atoms with E-state index in [-0.39, 0.29) is 11.8 Å². The second-order valence-corrected chi connectivity index (χ2v) is 6.91. The molecule has 0 heterocycles. The fourth-order valence-corrected chi connectivity index (χ4v) is 2.25. The van der Waals surface area contributed by atoms with Gasteiger partial charge in [-0.2, -0.15) is 11.8 Å². The third-order valence-electron chi connectivity index (χ3n) is 1.71. The molecule has 0 aromatic heterocycles. The Morgan fingerprint density at radius 2 is 1.92 bits per heavy atom. The van der Waals surface area contributed by atoms with Gasteiger partial charge in [0.25, 0.3) is 0 Å². The van der Waals surface area contributed by atoms with Crippen molar-refractivity contribution in [1.82, 2.24) is 5.32 Å². The maximum Gasteiger partial charge on any atom is 0.148 e. The van der Waals surface area contributed by atoms with E-state index < -0.39 is 9.84 Å². The molecule has 0 fully saturated rings. The Kier molecular flexibility index (Phi) is 6.00. The normalized spacial score (nSPS) is 16.9. The summed E-state index contributed by atoms with van der Waals surface area (Å²) in [4.78, 5) is 0. The summed E-state index contributed by atoms with van der Waals surface area (Å²) in [5.41, 5.74) is 0. The highest BCUT2D eigenvalue weighted by Crippen LogP contribution is 2.03. The van der Waals surface area contributed by atoms with Crippen molar-refractivity contribution in [3.05, 3.63) is 0 Å². The molecule has 3 nitrogen and oxygen atoms in total. The van der Waals surface area contributed by atoms with E-state index in [0.29, 0.717) is 5.25 Å². The van der Waals surface area contributed by atoms with E-state index in [1.807, 2.05) is 13.2 Å². The quantitative estimate of drug-likeness (QED) is 0.725. The molecule has 1 N–H and O–H groups in total. The van der Waals surface area contributed by atoms with Gasteiger partial charge in [0.05, 0.1) is 5.75 Å². The first-order chi connectivity index (χ1) is 5.85. The van der Waals surface area contributed by atoms with Gasteiger partial charge in [0.1, 0.15) is 9.84 Å². The van der Waals surface area contributed by atoms with Crippen LogP contribution < -0.4 is 5.32 Å². The lowest BCUT2D eigenvalue weighted by molar-refractivity contribution is 0.561. The lowest BCUT2D eigenvalue weighted by Gasteiger charge is -2.15. The Labute approximate surface area is 85.6 Å². The summed E-state index contributed by atoms with van der Waals surface area (Å²) < 4.78 is 21.8. The molecule has 0 aliphatic rings. The van der Waals surface area contributed by atoms with Crippen molar-refractivity contribution in [2.24, 2.45) is 0 Å². The van der Waals surface area contributed by atoms with E-state index in [0.717, 1.165) is 6.54 Å². The standard InChI is InChI=1S/C8H19NO2S2/c1-7(6-13(4,10)11)9-5-8(2)12-3/h7-9H,5-6H2,1-4H3. The molecule has 0 aliphatic carbocycles. The van der Waals surface area contributed by atoms with Crippen LogP contribution in [0.2, 0.25) is 0 Å². The number of sulfone groups is 1. The average molecular weight is 225 g/mol. The number of rotatable bonds is 6. The monoisotopic (exact) mass is 225 g/mol. The number of thioether (sulfide) groups is 1. The molecule has 0 aromatic carbocycles. The fourth-order valence-electron chi connectivity index (χ4n) is 0.964. The highest BCUT2D eigenvalue weighted by molar-refractivity contribution is 7.99. The van der Waals surface area contributed by atoms with Crippen LogP contribution in [-0.2, 0) is 9.84 Å². The van der Waals surface area contributed by atoms with Crippen molar-refractivity contribution < 1.29 is 8.42 Å². The second kappa shape index (κ2) is 5.88. The lowest BCUT2D eigenvalue weighted by atomic mass is 10.3. The van der Waals surface area contributed by atoms with Crippen LogP contribution in [-0.4, -0.2) is 44.5 Å². The van der Waals surface area contributed by atoms with Crippen LogP contribution in [0.4, 0.5) is 0 Å². The number of hydrogen-bond donors (Lipinski definition) is 1. The smallest absolute Gasteiger partial charge is 0.148 e. The van der Waals surface area contributed by atoms with Crippen molar-refractivity contribution >= 4 is 21.6 Å². The highest BCUT2D eigenvalue weighted by atomic mass is 32.2. The predicted molar refractivity (Wildman–Crippen MR) is 60.2 cm³/mol. The molecule has 2 atom stereocenters. The molecule has 0 saturated heterocycles. The minimum atomic E-state index is -2.85. The van der Waals surface area contributed by atoms with E-state index in [4.69, 9.17) is 0 Å².